The van der Waals surface area contributed by atoms with E-state index in [1.165, 1.54) is 0 Å². The molecule has 3 N–H and O–H groups in total. The number of alkyl halides is 1. The lowest BCUT2D eigenvalue weighted by molar-refractivity contribution is -0.110. The number of aromatic nitrogens is 6. The summed E-state index contributed by atoms with van der Waals surface area (Å²) < 4.78 is 3.83. The summed E-state index contributed by atoms with van der Waals surface area (Å²) in [5.74, 6) is -0.0974. The third kappa shape index (κ3) is 3.63. The predicted molar refractivity (Wildman–Crippen MR) is 128 cm³/mol. The van der Waals surface area contributed by atoms with E-state index in [0.29, 0.717) is 19.5 Å². The first-order chi connectivity index (χ1) is 16.0. The van der Waals surface area contributed by atoms with Crippen LogP contribution in [0.25, 0.3) is 28.2 Å². The van der Waals surface area contributed by atoms with Gasteiger partial charge in [-0.15, -0.1) is 11.6 Å². The van der Waals surface area contributed by atoms with Crippen LogP contribution < -0.4 is 10.9 Å². The fourth-order valence-electron chi connectivity index (χ4n) is 4.65. The normalized spacial score (nSPS) is 17.8. The number of benzene rings is 1. The van der Waals surface area contributed by atoms with Gasteiger partial charge in [-0.1, -0.05) is 11.6 Å². The van der Waals surface area contributed by atoms with E-state index in [1.54, 1.807) is 0 Å². The van der Waals surface area contributed by atoms with Crippen molar-refractivity contribution in [3.63, 3.8) is 0 Å². The quantitative estimate of drug-likeness (QED) is 0.169. The molecule has 4 aromatic rings. The van der Waals surface area contributed by atoms with Crippen LogP contribution in [0.15, 0.2) is 36.2 Å². The number of hydrogen-bond acceptors (Lipinski definition) is 5. The van der Waals surface area contributed by atoms with Crippen molar-refractivity contribution in [2.75, 3.05) is 6.54 Å². The van der Waals surface area contributed by atoms with Crippen molar-refractivity contribution < 1.29 is 4.79 Å². The smallest absolute Gasteiger partial charge is 0.221 e. The molecule has 5 rings (SSSR count). The van der Waals surface area contributed by atoms with E-state index < -0.39 is 0 Å². The molecule has 3 heterocycles. The second kappa shape index (κ2) is 8.49. The van der Waals surface area contributed by atoms with Gasteiger partial charge in [0.2, 0.25) is 6.41 Å². The lowest BCUT2D eigenvalue weighted by Crippen LogP contribution is -2.33. The Balaban J connectivity index is 1.66. The number of fused-ring (bicyclic) bond motifs is 2. The maximum atomic E-state index is 10.6. The SMILES string of the molecule is CC1=Cc2[nH]ncc2C(c2c(-c3ccc4c(cnn4C)c3)nn(CCNNC=O)c2C)C1Cl. The van der Waals surface area contributed by atoms with Crippen molar-refractivity contribution in [2.45, 2.75) is 31.7 Å². The number of nitrogens with one attached hydrogen (secondary N) is 3. The zero-order valence-corrected chi connectivity index (χ0v) is 19.4. The maximum Gasteiger partial charge on any atom is 0.221 e. The molecule has 1 aromatic carbocycles. The molecule has 0 bridgehead atoms. The van der Waals surface area contributed by atoms with Gasteiger partial charge in [0.1, 0.15) is 0 Å². The van der Waals surface area contributed by atoms with E-state index >= 15 is 0 Å². The Morgan fingerprint density at radius 1 is 1.27 bits per heavy atom. The van der Waals surface area contributed by atoms with Gasteiger partial charge >= 0.3 is 0 Å². The van der Waals surface area contributed by atoms with E-state index in [2.05, 4.69) is 57.3 Å². The number of allylic oxidation sites excluding steroid dienone is 1. The number of aromatic amines is 1. The highest BCUT2D eigenvalue weighted by molar-refractivity contribution is 6.24. The molecule has 0 saturated heterocycles. The average molecular weight is 465 g/mol. The predicted octanol–water partition coefficient (Wildman–Crippen LogP) is 2.88. The summed E-state index contributed by atoms with van der Waals surface area (Å²) in [6.45, 7) is 5.23. The molecule has 0 saturated carbocycles. The first-order valence-corrected chi connectivity index (χ1v) is 11.2. The first-order valence-electron chi connectivity index (χ1n) is 10.8. The van der Waals surface area contributed by atoms with E-state index in [-0.39, 0.29) is 11.3 Å². The van der Waals surface area contributed by atoms with Gasteiger partial charge in [-0.3, -0.25) is 24.7 Å². The molecule has 1 aliphatic rings. The Morgan fingerprint density at radius 3 is 2.94 bits per heavy atom. The molecule has 0 radical (unpaired) electrons. The van der Waals surface area contributed by atoms with Crippen LogP contribution in [0.2, 0.25) is 0 Å². The summed E-state index contributed by atoms with van der Waals surface area (Å²) in [5, 5.41) is 17.6. The molecule has 3 aromatic heterocycles. The average Bonchev–Trinajstić information content (AvgIpc) is 3.50. The number of halogens is 1. The number of aryl methyl sites for hydroxylation is 1. The maximum absolute atomic E-state index is 10.6. The van der Waals surface area contributed by atoms with Crippen LogP contribution in [0.1, 0.15) is 35.4 Å². The number of hydrazine groups is 1. The van der Waals surface area contributed by atoms with E-state index in [1.807, 2.05) is 35.7 Å². The monoisotopic (exact) mass is 464 g/mol. The van der Waals surface area contributed by atoms with E-state index in [0.717, 1.165) is 50.2 Å². The summed E-state index contributed by atoms with van der Waals surface area (Å²) in [4.78, 5) is 10.6. The molecule has 33 heavy (non-hydrogen) atoms. The highest BCUT2D eigenvalue weighted by Gasteiger charge is 2.36. The van der Waals surface area contributed by atoms with Crippen molar-refractivity contribution in [3.05, 3.63) is 58.7 Å². The second-order valence-electron chi connectivity index (χ2n) is 8.31. The highest BCUT2D eigenvalue weighted by Crippen LogP contribution is 2.45. The fourth-order valence-corrected chi connectivity index (χ4v) is 4.97. The summed E-state index contributed by atoms with van der Waals surface area (Å²) in [6, 6.07) is 6.27. The fraction of sp³-hybridized carbons (Fsp3) is 0.304. The van der Waals surface area contributed by atoms with Gasteiger partial charge in [0.15, 0.2) is 0 Å². The number of rotatable bonds is 7. The molecule has 2 atom stereocenters. The molecule has 2 unspecified atom stereocenters. The first kappa shape index (κ1) is 21.4. The number of hydrogen-bond donors (Lipinski definition) is 3. The van der Waals surface area contributed by atoms with Crippen molar-refractivity contribution in [3.8, 4) is 11.3 Å². The molecular formula is C23H25ClN8O. The number of H-pyrrole nitrogens is 1. The molecule has 0 aliphatic heterocycles. The zero-order chi connectivity index (χ0) is 23.1. The zero-order valence-electron chi connectivity index (χ0n) is 18.6. The lowest BCUT2D eigenvalue weighted by atomic mass is 9.80. The van der Waals surface area contributed by atoms with Crippen molar-refractivity contribution in [1.82, 2.24) is 40.6 Å². The minimum Gasteiger partial charge on any atom is -0.294 e. The Labute approximate surface area is 195 Å². The molecule has 1 aliphatic carbocycles. The van der Waals surface area contributed by atoms with Crippen LogP contribution >= 0.6 is 11.6 Å². The van der Waals surface area contributed by atoms with Gasteiger partial charge in [-0.25, -0.2) is 5.43 Å². The van der Waals surface area contributed by atoms with Gasteiger partial charge in [-0.2, -0.15) is 15.3 Å². The van der Waals surface area contributed by atoms with Crippen molar-refractivity contribution in [2.24, 2.45) is 7.05 Å². The minimum atomic E-state index is -0.220. The van der Waals surface area contributed by atoms with Crippen LogP contribution in [-0.2, 0) is 18.4 Å². The standard InChI is InChI=1S/C23H25ClN8O/c1-13-8-18-17(11-26-29-18)21(22(13)24)20-14(2)32(7-6-25-27-12-33)30-23(20)15-4-5-19-16(9-15)10-28-31(19)3/h4-5,8-12,21-22,25H,6-7H2,1-3H3,(H,26,29)(H,27,33). The molecule has 10 heteroatoms. The summed E-state index contributed by atoms with van der Waals surface area (Å²) in [6.07, 6.45) is 6.40. The molecule has 9 nitrogen and oxygen atoms in total. The molecule has 170 valence electrons. The van der Waals surface area contributed by atoms with E-state index in [9.17, 15) is 4.79 Å². The van der Waals surface area contributed by atoms with Gasteiger partial charge in [-0.05, 0) is 32.1 Å². The summed E-state index contributed by atoms with van der Waals surface area (Å²) in [5.41, 5.74) is 13.5. The number of amides is 1. The van der Waals surface area contributed by atoms with Crippen molar-refractivity contribution >= 4 is 35.0 Å². The molecule has 1 amide bonds. The molecule has 0 spiro atoms. The number of nitrogens with zero attached hydrogens (tertiary/aromatic N) is 5. The third-order valence-electron chi connectivity index (χ3n) is 6.33. The Kier molecular flexibility index (Phi) is 5.51. The minimum absolute atomic E-state index is 0.0974. The van der Waals surface area contributed by atoms with Crippen LogP contribution in [0.3, 0.4) is 0 Å². The Morgan fingerprint density at radius 2 is 2.12 bits per heavy atom. The van der Waals surface area contributed by atoms with Gasteiger partial charge in [0.05, 0.1) is 41.2 Å². The second-order valence-corrected chi connectivity index (χ2v) is 8.78. The largest absolute Gasteiger partial charge is 0.294 e. The third-order valence-corrected chi connectivity index (χ3v) is 6.92. The Hall–Kier alpha value is -3.43. The van der Waals surface area contributed by atoms with Gasteiger partial charge in [0, 0.05) is 47.3 Å². The number of carbonyl (C=O) groups is 1. The van der Waals surface area contributed by atoms with Crippen LogP contribution in [0.5, 0.6) is 0 Å². The van der Waals surface area contributed by atoms with Gasteiger partial charge < -0.3 is 0 Å². The van der Waals surface area contributed by atoms with E-state index in [4.69, 9.17) is 16.7 Å². The summed E-state index contributed by atoms with van der Waals surface area (Å²) >= 11 is 7.02. The highest BCUT2D eigenvalue weighted by atomic mass is 35.5. The topological polar surface area (TPSA) is 105 Å². The van der Waals surface area contributed by atoms with Crippen LogP contribution in [0.4, 0.5) is 0 Å². The molecule has 0 fully saturated rings. The van der Waals surface area contributed by atoms with Gasteiger partial charge in [0.25, 0.3) is 0 Å². The Bertz CT molecular complexity index is 1360. The van der Waals surface area contributed by atoms with Crippen LogP contribution in [0, 0.1) is 6.92 Å². The van der Waals surface area contributed by atoms with Crippen LogP contribution in [-0.4, -0.2) is 48.1 Å². The van der Waals surface area contributed by atoms with Crippen molar-refractivity contribution in [1.29, 1.82) is 0 Å². The molecular weight excluding hydrogens is 440 g/mol. The summed E-state index contributed by atoms with van der Waals surface area (Å²) in [7, 11) is 1.93. The lowest BCUT2D eigenvalue weighted by Gasteiger charge is -2.27. The number of carbonyl (C=O) groups excluding carboxylic acids is 1.